The number of ether oxygens (including phenoxy) is 1. The fourth-order valence-corrected chi connectivity index (χ4v) is 3.13. The molecule has 1 aliphatic rings. The molecule has 1 N–H and O–H groups in total. The van der Waals surface area contributed by atoms with Gasteiger partial charge in [0.1, 0.15) is 11.4 Å². The Morgan fingerprint density at radius 2 is 2.00 bits per heavy atom. The molecule has 122 valence electrons. The molecule has 0 aromatic heterocycles. The minimum atomic E-state index is -3.57. The molecule has 0 fully saturated rings. The van der Waals surface area contributed by atoms with E-state index >= 15 is 0 Å². The first kappa shape index (κ1) is 16.8. The summed E-state index contributed by atoms with van der Waals surface area (Å²) in [6.07, 6.45) is 0. The van der Waals surface area contributed by atoms with Crippen LogP contribution in [0.25, 0.3) is 0 Å². The van der Waals surface area contributed by atoms with Crippen molar-refractivity contribution in [2.75, 3.05) is 18.5 Å². The largest absolute Gasteiger partial charge is 0.484 e. The third kappa shape index (κ3) is 3.10. The van der Waals surface area contributed by atoms with Crippen LogP contribution >= 0.6 is 0 Å². The number of amides is 1. The molecule has 0 bridgehead atoms. The van der Waals surface area contributed by atoms with Gasteiger partial charge in [0.15, 0.2) is 0 Å². The molecular weight excluding hydrogens is 304 g/mol. The van der Waals surface area contributed by atoms with Crippen LogP contribution in [0.4, 0.5) is 5.69 Å². The van der Waals surface area contributed by atoms with Crippen LogP contribution in [0.1, 0.15) is 27.7 Å². The molecule has 0 saturated heterocycles. The number of nitrogens with zero attached hydrogens (tertiary/aromatic N) is 1. The lowest BCUT2D eigenvalue weighted by Crippen LogP contribution is -2.50. The Kier molecular flexibility index (Phi) is 4.23. The van der Waals surface area contributed by atoms with Gasteiger partial charge in [-0.15, -0.1) is 0 Å². The van der Waals surface area contributed by atoms with E-state index < -0.39 is 15.6 Å². The predicted octanol–water partition coefficient (Wildman–Crippen LogP) is 1.75. The lowest BCUT2D eigenvalue weighted by Gasteiger charge is -2.40. The van der Waals surface area contributed by atoms with E-state index in [1.54, 1.807) is 11.0 Å². The van der Waals surface area contributed by atoms with E-state index in [-0.39, 0.29) is 16.7 Å². The minimum absolute atomic E-state index is 0.0587. The molecule has 1 amide bonds. The van der Waals surface area contributed by atoms with Gasteiger partial charge in [0.2, 0.25) is 15.9 Å². The van der Waals surface area contributed by atoms with Gasteiger partial charge in [0.05, 0.1) is 17.1 Å². The lowest BCUT2D eigenvalue weighted by molar-refractivity contribution is -0.122. The molecule has 7 heteroatoms. The van der Waals surface area contributed by atoms with Crippen molar-refractivity contribution in [3.05, 3.63) is 18.2 Å². The van der Waals surface area contributed by atoms with E-state index in [0.29, 0.717) is 18.0 Å². The van der Waals surface area contributed by atoms with Gasteiger partial charge in [-0.2, -0.15) is 0 Å². The monoisotopic (exact) mass is 326 g/mol. The van der Waals surface area contributed by atoms with Crippen LogP contribution in [0.15, 0.2) is 23.1 Å². The predicted molar refractivity (Wildman–Crippen MR) is 84.6 cm³/mol. The molecule has 22 heavy (non-hydrogen) atoms. The zero-order valence-electron chi connectivity index (χ0n) is 13.5. The zero-order chi connectivity index (χ0) is 16.7. The van der Waals surface area contributed by atoms with Crippen molar-refractivity contribution >= 4 is 21.6 Å². The van der Waals surface area contributed by atoms with Crippen molar-refractivity contribution in [1.29, 1.82) is 0 Å². The SMILES string of the molecule is CNS(=O)(=O)c1ccc2c(c1)N(C(=O)C(C)C)CC(C)(C)O2. The number of rotatable bonds is 3. The first-order valence-corrected chi connectivity index (χ1v) is 8.64. The Labute approximate surface area is 131 Å². The van der Waals surface area contributed by atoms with Crippen LogP contribution in [0.3, 0.4) is 0 Å². The van der Waals surface area contributed by atoms with Crippen molar-refractivity contribution in [1.82, 2.24) is 4.72 Å². The second-order valence-electron chi connectivity index (χ2n) is 6.28. The summed E-state index contributed by atoms with van der Waals surface area (Å²) in [6.45, 7) is 7.81. The standard InChI is InChI=1S/C15H22N2O4S/c1-10(2)14(18)17-9-15(3,4)21-13-7-6-11(8-12(13)17)22(19,20)16-5/h6-8,10,16H,9H2,1-5H3. The van der Waals surface area contributed by atoms with Crippen LogP contribution < -0.4 is 14.4 Å². The molecule has 0 unspecified atom stereocenters. The maximum absolute atomic E-state index is 12.5. The van der Waals surface area contributed by atoms with Gasteiger partial charge in [0.25, 0.3) is 0 Å². The number of benzene rings is 1. The van der Waals surface area contributed by atoms with Gasteiger partial charge in [-0.3, -0.25) is 4.79 Å². The van der Waals surface area contributed by atoms with E-state index in [9.17, 15) is 13.2 Å². The number of hydrogen-bond donors (Lipinski definition) is 1. The molecule has 0 saturated carbocycles. The summed E-state index contributed by atoms with van der Waals surface area (Å²) in [6, 6.07) is 4.56. The Bertz CT molecular complexity index is 695. The molecule has 0 atom stereocenters. The fraction of sp³-hybridized carbons (Fsp3) is 0.533. The number of carbonyl (C=O) groups is 1. The summed E-state index contributed by atoms with van der Waals surface area (Å²) >= 11 is 0. The molecule has 0 aliphatic carbocycles. The molecular formula is C15H22N2O4S. The molecule has 2 rings (SSSR count). The topological polar surface area (TPSA) is 75.7 Å². The van der Waals surface area contributed by atoms with Crippen molar-refractivity contribution in [2.24, 2.45) is 5.92 Å². The number of sulfonamides is 1. The van der Waals surface area contributed by atoms with Gasteiger partial charge in [-0.25, -0.2) is 13.1 Å². The number of carbonyl (C=O) groups excluding carboxylic acids is 1. The van der Waals surface area contributed by atoms with Crippen LogP contribution in [0.2, 0.25) is 0 Å². The van der Waals surface area contributed by atoms with Crippen LogP contribution in [0, 0.1) is 5.92 Å². The first-order chi connectivity index (χ1) is 10.1. The Morgan fingerprint density at radius 3 is 2.55 bits per heavy atom. The van der Waals surface area contributed by atoms with E-state index in [4.69, 9.17) is 4.74 Å². The summed E-state index contributed by atoms with van der Waals surface area (Å²) in [4.78, 5) is 14.2. The molecule has 0 radical (unpaired) electrons. The number of anilines is 1. The zero-order valence-corrected chi connectivity index (χ0v) is 14.3. The molecule has 6 nitrogen and oxygen atoms in total. The van der Waals surface area contributed by atoms with Crippen molar-refractivity contribution in [3.8, 4) is 5.75 Å². The second-order valence-corrected chi connectivity index (χ2v) is 8.16. The average molecular weight is 326 g/mol. The summed E-state index contributed by atoms with van der Waals surface area (Å²) in [5.41, 5.74) is -0.0321. The summed E-state index contributed by atoms with van der Waals surface area (Å²) in [5, 5.41) is 0. The number of fused-ring (bicyclic) bond motifs is 1. The molecule has 1 heterocycles. The van der Waals surface area contributed by atoms with Gasteiger partial charge in [-0.05, 0) is 39.1 Å². The van der Waals surface area contributed by atoms with Crippen LogP contribution in [-0.2, 0) is 14.8 Å². The van der Waals surface area contributed by atoms with E-state index in [1.165, 1.54) is 19.2 Å². The third-order valence-corrected chi connectivity index (χ3v) is 4.90. The van der Waals surface area contributed by atoms with E-state index in [1.807, 2.05) is 27.7 Å². The third-order valence-electron chi connectivity index (χ3n) is 3.49. The number of nitrogens with one attached hydrogen (secondary N) is 1. The van der Waals surface area contributed by atoms with Crippen molar-refractivity contribution < 1.29 is 17.9 Å². The molecule has 1 aromatic rings. The normalized spacial score (nSPS) is 17.1. The van der Waals surface area contributed by atoms with Crippen LogP contribution in [0.5, 0.6) is 5.75 Å². The molecule has 0 spiro atoms. The van der Waals surface area contributed by atoms with Gasteiger partial charge >= 0.3 is 0 Å². The highest BCUT2D eigenvalue weighted by Gasteiger charge is 2.36. The summed E-state index contributed by atoms with van der Waals surface area (Å²) in [7, 11) is -2.22. The van der Waals surface area contributed by atoms with Gasteiger partial charge in [0, 0.05) is 5.92 Å². The van der Waals surface area contributed by atoms with Crippen molar-refractivity contribution in [2.45, 2.75) is 38.2 Å². The second kappa shape index (κ2) is 5.55. The lowest BCUT2D eigenvalue weighted by atomic mass is 10.0. The Morgan fingerprint density at radius 1 is 1.36 bits per heavy atom. The quantitative estimate of drug-likeness (QED) is 0.918. The first-order valence-electron chi connectivity index (χ1n) is 7.15. The highest BCUT2D eigenvalue weighted by Crippen LogP contribution is 2.39. The average Bonchev–Trinajstić information content (AvgIpc) is 2.44. The Hall–Kier alpha value is -1.60. The highest BCUT2D eigenvalue weighted by atomic mass is 32.2. The van der Waals surface area contributed by atoms with Crippen LogP contribution in [-0.4, -0.2) is 33.5 Å². The van der Waals surface area contributed by atoms with Gasteiger partial charge < -0.3 is 9.64 Å². The fourth-order valence-electron chi connectivity index (χ4n) is 2.38. The smallest absolute Gasteiger partial charge is 0.240 e. The molecule has 1 aromatic carbocycles. The number of hydrogen-bond acceptors (Lipinski definition) is 4. The highest BCUT2D eigenvalue weighted by molar-refractivity contribution is 7.89. The summed E-state index contributed by atoms with van der Waals surface area (Å²) < 4.78 is 32.1. The maximum atomic E-state index is 12.5. The maximum Gasteiger partial charge on any atom is 0.240 e. The Balaban J connectivity index is 2.58. The molecule has 1 aliphatic heterocycles. The van der Waals surface area contributed by atoms with E-state index in [0.717, 1.165) is 0 Å². The van der Waals surface area contributed by atoms with Crippen molar-refractivity contribution in [3.63, 3.8) is 0 Å². The summed E-state index contributed by atoms with van der Waals surface area (Å²) in [5.74, 6) is 0.267. The minimum Gasteiger partial charge on any atom is -0.484 e. The van der Waals surface area contributed by atoms with E-state index in [2.05, 4.69) is 4.72 Å². The van der Waals surface area contributed by atoms with Gasteiger partial charge in [-0.1, -0.05) is 13.8 Å².